The van der Waals surface area contributed by atoms with Crippen LogP contribution in [0.2, 0.25) is 0 Å². The highest BCUT2D eigenvalue weighted by Crippen LogP contribution is 2.49. The van der Waals surface area contributed by atoms with Crippen molar-refractivity contribution >= 4 is 86.2 Å². The van der Waals surface area contributed by atoms with Crippen LogP contribution >= 0.6 is 0 Å². The SMILES string of the molecule is Cc1cc2c(-c3ccc4ccccc4c3)c3cc(C)c(C)cc3c(-c3ccc4ccccc4c3)c2cc1C.Cc1cc2c(-c3cccc4ccccc34)c3cc(C)c(C)cc3c(-c3cccc4ccccc34)c2cc1C. The molecule has 76 heavy (non-hydrogen) atoms. The zero-order valence-electron chi connectivity index (χ0n) is 44.8. The van der Waals surface area contributed by atoms with E-state index in [0.29, 0.717) is 0 Å². The fraction of sp³-hybridized carbons (Fsp3) is 0.105. The third kappa shape index (κ3) is 7.82. The molecule has 0 saturated heterocycles. The van der Waals surface area contributed by atoms with Gasteiger partial charge in [0.1, 0.15) is 0 Å². The first-order valence-electron chi connectivity index (χ1n) is 26.9. The Balaban J connectivity index is 0.000000146. The first-order chi connectivity index (χ1) is 37.0. The smallest absolute Gasteiger partial charge is 0.00199 e. The minimum atomic E-state index is 1.27. The molecule has 0 nitrogen and oxygen atoms in total. The van der Waals surface area contributed by atoms with Crippen LogP contribution in [0.3, 0.4) is 0 Å². The van der Waals surface area contributed by atoms with Gasteiger partial charge in [-0.3, -0.25) is 0 Å². The summed E-state index contributed by atoms with van der Waals surface area (Å²) in [6.45, 7) is 17.9. The average molecular weight is 973 g/mol. The third-order valence-electron chi connectivity index (χ3n) is 16.9. The van der Waals surface area contributed by atoms with Crippen molar-refractivity contribution in [3.8, 4) is 44.5 Å². The second-order valence-electron chi connectivity index (χ2n) is 21.6. The quantitative estimate of drug-likeness (QED) is 0.154. The molecule has 0 atom stereocenters. The van der Waals surface area contributed by atoms with Crippen LogP contribution in [0, 0.1) is 55.4 Å². The van der Waals surface area contributed by atoms with E-state index in [1.165, 1.54) is 175 Å². The van der Waals surface area contributed by atoms with Crippen molar-refractivity contribution in [3.05, 3.63) is 263 Å². The van der Waals surface area contributed by atoms with Crippen LogP contribution in [-0.4, -0.2) is 0 Å². The van der Waals surface area contributed by atoms with Gasteiger partial charge in [0.05, 0.1) is 0 Å². The molecule has 0 saturated carbocycles. The van der Waals surface area contributed by atoms with E-state index in [1.54, 1.807) is 0 Å². The fourth-order valence-electron chi connectivity index (χ4n) is 12.3. The van der Waals surface area contributed by atoms with Gasteiger partial charge in [0.25, 0.3) is 0 Å². The number of aryl methyl sites for hydroxylation is 8. The lowest BCUT2D eigenvalue weighted by Gasteiger charge is -2.22. The Kier molecular flexibility index (Phi) is 11.4. The first kappa shape index (κ1) is 46.9. The maximum atomic E-state index is 2.42. The number of hydrogen-bond acceptors (Lipinski definition) is 0. The Morgan fingerprint density at radius 3 is 0.737 bits per heavy atom. The number of rotatable bonds is 4. The van der Waals surface area contributed by atoms with Gasteiger partial charge < -0.3 is 0 Å². The van der Waals surface area contributed by atoms with Crippen molar-refractivity contribution in [2.45, 2.75) is 55.4 Å². The van der Waals surface area contributed by atoms with Gasteiger partial charge in [-0.1, -0.05) is 206 Å². The molecule has 0 amide bonds. The molecular weight excluding hydrogens is 913 g/mol. The van der Waals surface area contributed by atoms with Gasteiger partial charge in [-0.15, -0.1) is 0 Å². The van der Waals surface area contributed by atoms with E-state index < -0.39 is 0 Å². The van der Waals surface area contributed by atoms with Gasteiger partial charge in [-0.05, 0) is 243 Å². The van der Waals surface area contributed by atoms with E-state index >= 15 is 0 Å². The largest absolute Gasteiger partial charge is 0.0616 e. The summed E-state index contributed by atoms with van der Waals surface area (Å²) < 4.78 is 0. The van der Waals surface area contributed by atoms with E-state index in [9.17, 15) is 0 Å². The Hall–Kier alpha value is -8.84. The topological polar surface area (TPSA) is 0 Å². The third-order valence-corrected chi connectivity index (χ3v) is 16.9. The standard InChI is InChI=1S/2C38H30/c1-23-19-33-34(20-24(23)2)38(32-18-10-14-28-12-6-8-16-30(28)32)36-22-26(4)25(3)21-35(36)37(33)31-17-9-13-27-11-5-7-15-29(27)31;1-23-17-33-34(18-24(23)2)38(32-16-14-28-10-6-8-12-30(28)22-32)36-20-26(4)25(3)19-35(36)37(33)31-15-13-27-9-5-7-11-29(27)21-31/h2*5-22H,1-4H3. The second kappa shape index (κ2) is 18.5. The predicted molar refractivity (Wildman–Crippen MR) is 333 cm³/mol. The van der Waals surface area contributed by atoms with Crippen molar-refractivity contribution in [2.24, 2.45) is 0 Å². The van der Waals surface area contributed by atoms with Crippen molar-refractivity contribution < 1.29 is 0 Å². The molecule has 0 radical (unpaired) electrons. The maximum absolute atomic E-state index is 2.42. The molecule has 0 aliphatic carbocycles. The molecule has 14 aromatic carbocycles. The van der Waals surface area contributed by atoms with Gasteiger partial charge in [0, 0.05) is 0 Å². The summed E-state index contributed by atoms with van der Waals surface area (Å²) in [5.41, 5.74) is 21.1. The van der Waals surface area contributed by atoms with Crippen LogP contribution in [0.25, 0.3) is 131 Å². The molecule has 0 aliphatic rings. The number of fused-ring (bicyclic) bond motifs is 8. The summed E-state index contributed by atoms with van der Waals surface area (Å²) in [4.78, 5) is 0. The van der Waals surface area contributed by atoms with E-state index in [0.717, 1.165) is 0 Å². The lowest BCUT2D eigenvalue weighted by atomic mass is 9.81. The molecule has 0 aromatic heterocycles. The summed E-state index contributed by atoms with van der Waals surface area (Å²) in [5, 5.41) is 20.8. The molecule has 0 unspecified atom stereocenters. The molecule has 14 rings (SSSR count). The van der Waals surface area contributed by atoms with Gasteiger partial charge >= 0.3 is 0 Å². The zero-order chi connectivity index (χ0) is 51.9. The molecule has 0 N–H and O–H groups in total. The molecule has 364 valence electrons. The molecule has 0 heteroatoms. The van der Waals surface area contributed by atoms with Crippen molar-refractivity contribution in [1.82, 2.24) is 0 Å². The van der Waals surface area contributed by atoms with Gasteiger partial charge in [-0.2, -0.15) is 0 Å². The highest BCUT2D eigenvalue weighted by atomic mass is 14.3. The molecular formula is C76H60. The van der Waals surface area contributed by atoms with E-state index in [1.807, 2.05) is 0 Å². The average Bonchev–Trinajstić information content (AvgIpc) is 3.49. The molecule has 0 fully saturated rings. The van der Waals surface area contributed by atoms with Crippen molar-refractivity contribution in [2.75, 3.05) is 0 Å². The van der Waals surface area contributed by atoms with Crippen LogP contribution in [0.1, 0.15) is 44.5 Å². The van der Waals surface area contributed by atoms with E-state index in [2.05, 4.69) is 274 Å². The summed E-state index contributed by atoms with van der Waals surface area (Å²) in [6, 6.07) is 81.5. The van der Waals surface area contributed by atoms with Gasteiger partial charge in [0.15, 0.2) is 0 Å². The Morgan fingerprint density at radius 2 is 0.421 bits per heavy atom. The van der Waals surface area contributed by atoms with Gasteiger partial charge in [0.2, 0.25) is 0 Å². The summed E-state index contributed by atoms with van der Waals surface area (Å²) in [7, 11) is 0. The highest BCUT2D eigenvalue weighted by molar-refractivity contribution is 6.26. The monoisotopic (exact) mass is 972 g/mol. The fourth-order valence-corrected chi connectivity index (χ4v) is 12.3. The predicted octanol–water partition coefficient (Wildman–Crippen LogP) is 21.7. The zero-order valence-corrected chi connectivity index (χ0v) is 44.8. The van der Waals surface area contributed by atoms with E-state index in [-0.39, 0.29) is 0 Å². The number of hydrogen-bond donors (Lipinski definition) is 0. The lowest BCUT2D eigenvalue weighted by molar-refractivity contribution is 1.36. The van der Waals surface area contributed by atoms with Crippen LogP contribution in [0.5, 0.6) is 0 Å². The van der Waals surface area contributed by atoms with Crippen LogP contribution in [-0.2, 0) is 0 Å². The Morgan fingerprint density at radius 1 is 0.171 bits per heavy atom. The highest BCUT2D eigenvalue weighted by Gasteiger charge is 2.22. The minimum Gasteiger partial charge on any atom is -0.0616 e. The second-order valence-corrected chi connectivity index (χ2v) is 21.6. The molecule has 0 heterocycles. The maximum Gasteiger partial charge on any atom is -0.00199 e. The summed E-state index contributed by atoms with van der Waals surface area (Å²) in [5.74, 6) is 0. The Labute approximate surface area is 446 Å². The first-order valence-corrected chi connectivity index (χ1v) is 26.9. The van der Waals surface area contributed by atoms with Crippen molar-refractivity contribution in [1.29, 1.82) is 0 Å². The van der Waals surface area contributed by atoms with Gasteiger partial charge in [-0.25, -0.2) is 0 Å². The van der Waals surface area contributed by atoms with Crippen molar-refractivity contribution in [3.63, 3.8) is 0 Å². The molecule has 0 bridgehead atoms. The minimum absolute atomic E-state index is 1.27. The Bertz CT molecular complexity index is 4270. The summed E-state index contributed by atoms with van der Waals surface area (Å²) in [6.07, 6.45) is 0. The van der Waals surface area contributed by atoms with Crippen LogP contribution in [0.4, 0.5) is 0 Å². The van der Waals surface area contributed by atoms with Crippen LogP contribution in [0.15, 0.2) is 218 Å². The van der Waals surface area contributed by atoms with Crippen LogP contribution < -0.4 is 0 Å². The lowest BCUT2D eigenvalue weighted by Crippen LogP contribution is -1.95. The summed E-state index contributed by atoms with van der Waals surface area (Å²) >= 11 is 0. The number of benzene rings is 14. The van der Waals surface area contributed by atoms with E-state index in [4.69, 9.17) is 0 Å². The normalized spacial score (nSPS) is 11.7. The molecule has 14 aromatic rings. The molecule has 0 aliphatic heterocycles. The molecule has 0 spiro atoms.